The maximum absolute atomic E-state index is 11.8. The summed E-state index contributed by atoms with van der Waals surface area (Å²) in [5.74, 6) is 1.32. The molecule has 5 heteroatoms. The Labute approximate surface area is 113 Å². The van der Waals surface area contributed by atoms with Crippen molar-refractivity contribution in [3.8, 4) is 0 Å². The normalized spacial score (nSPS) is 24.2. The lowest BCUT2D eigenvalue weighted by Gasteiger charge is -2.10. The molecule has 1 aromatic heterocycles. The highest BCUT2D eigenvalue weighted by Crippen LogP contribution is 2.40. The van der Waals surface area contributed by atoms with Gasteiger partial charge in [0.25, 0.3) is 5.56 Å². The van der Waals surface area contributed by atoms with Gasteiger partial charge in [0.15, 0.2) is 0 Å². The van der Waals surface area contributed by atoms with Gasteiger partial charge in [0.1, 0.15) is 5.82 Å². The minimum Gasteiger partial charge on any atom is -0.378 e. The SMILES string of the molecule is O=c1[nH]c(CC2CCCO2)nc(C2CC2)c1I. The number of nitrogens with zero attached hydrogens (tertiary/aromatic N) is 1. The molecule has 1 saturated heterocycles. The van der Waals surface area contributed by atoms with Crippen LogP contribution in [0.15, 0.2) is 4.79 Å². The Bertz CT molecular complexity index is 476. The molecule has 1 aliphatic heterocycles. The van der Waals surface area contributed by atoms with Gasteiger partial charge >= 0.3 is 0 Å². The molecule has 0 spiro atoms. The molecule has 0 bridgehead atoms. The number of hydrogen-bond acceptors (Lipinski definition) is 3. The smallest absolute Gasteiger partial charge is 0.264 e. The molecule has 0 radical (unpaired) electrons. The molecule has 1 saturated carbocycles. The number of nitrogens with one attached hydrogen (secondary N) is 1. The quantitative estimate of drug-likeness (QED) is 0.852. The number of ether oxygens (including phenoxy) is 1. The molecule has 2 aliphatic rings. The first-order valence-corrected chi connectivity index (χ1v) is 7.22. The molecule has 1 unspecified atom stereocenters. The minimum absolute atomic E-state index is 0.00972. The molecule has 1 N–H and O–H groups in total. The van der Waals surface area contributed by atoms with Gasteiger partial charge in [0.05, 0.1) is 15.4 Å². The van der Waals surface area contributed by atoms with Gasteiger partial charge in [0, 0.05) is 18.9 Å². The van der Waals surface area contributed by atoms with Crippen LogP contribution in [0.1, 0.15) is 43.1 Å². The van der Waals surface area contributed by atoms with Gasteiger partial charge in [-0.1, -0.05) is 0 Å². The first kappa shape index (κ1) is 11.6. The van der Waals surface area contributed by atoms with E-state index in [0.29, 0.717) is 5.92 Å². The fourth-order valence-electron chi connectivity index (χ4n) is 2.27. The molecule has 3 rings (SSSR count). The van der Waals surface area contributed by atoms with Crippen LogP contribution < -0.4 is 5.56 Å². The first-order valence-electron chi connectivity index (χ1n) is 6.14. The summed E-state index contributed by atoms with van der Waals surface area (Å²) in [5, 5.41) is 0. The Kier molecular flexibility index (Phi) is 3.21. The number of hydrogen-bond donors (Lipinski definition) is 1. The molecule has 1 atom stereocenters. The van der Waals surface area contributed by atoms with Gasteiger partial charge in [-0.25, -0.2) is 4.98 Å². The zero-order valence-electron chi connectivity index (χ0n) is 9.54. The van der Waals surface area contributed by atoms with Gasteiger partial charge in [-0.05, 0) is 48.3 Å². The molecule has 17 heavy (non-hydrogen) atoms. The maximum Gasteiger partial charge on any atom is 0.264 e. The van der Waals surface area contributed by atoms with E-state index >= 15 is 0 Å². The van der Waals surface area contributed by atoms with Gasteiger partial charge in [-0.3, -0.25) is 4.79 Å². The van der Waals surface area contributed by atoms with Gasteiger partial charge in [-0.2, -0.15) is 0 Å². The van der Waals surface area contributed by atoms with Crippen LogP contribution in [0.25, 0.3) is 0 Å². The summed E-state index contributed by atoms with van der Waals surface area (Å²) in [5.41, 5.74) is 1.01. The maximum atomic E-state index is 11.8. The lowest BCUT2D eigenvalue weighted by Crippen LogP contribution is -2.21. The highest BCUT2D eigenvalue weighted by molar-refractivity contribution is 14.1. The first-order chi connectivity index (χ1) is 8.24. The van der Waals surface area contributed by atoms with Crippen molar-refractivity contribution in [1.29, 1.82) is 0 Å². The van der Waals surface area contributed by atoms with E-state index in [-0.39, 0.29) is 11.7 Å². The zero-order valence-corrected chi connectivity index (χ0v) is 11.7. The lowest BCUT2D eigenvalue weighted by atomic mass is 10.1. The van der Waals surface area contributed by atoms with Gasteiger partial charge in [0.2, 0.25) is 0 Å². The molecular formula is C12H15IN2O2. The van der Waals surface area contributed by atoms with E-state index in [1.807, 2.05) is 0 Å². The van der Waals surface area contributed by atoms with Crippen LogP contribution in [0.4, 0.5) is 0 Å². The monoisotopic (exact) mass is 346 g/mol. The minimum atomic E-state index is 0.00972. The molecule has 2 fully saturated rings. The highest BCUT2D eigenvalue weighted by Gasteiger charge is 2.29. The molecule has 4 nitrogen and oxygen atoms in total. The Morgan fingerprint density at radius 2 is 2.24 bits per heavy atom. The predicted octanol–water partition coefficient (Wildman–Crippen LogP) is 1.97. The standard InChI is InChI=1S/C12H15IN2O2/c13-10-11(7-3-4-7)14-9(15-12(10)16)6-8-2-1-5-17-8/h7-8H,1-6H2,(H,14,15,16). The molecule has 1 aliphatic carbocycles. The van der Waals surface area contributed by atoms with Crippen molar-refractivity contribution in [3.05, 3.63) is 25.4 Å². The summed E-state index contributed by atoms with van der Waals surface area (Å²) in [6.45, 7) is 0.842. The molecular weight excluding hydrogens is 331 g/mol. The Morgan fingerprint density at radius 1 is 1.41 bits per heavy atom. The fourth-order valence-corrected chi connectivity index (χ4v) is 2.97. The van der Waals surface area contributed by atoms with Crippen LogP contribution >= 0.6 is 22.6 Å². The van der Waals surface area contributed by atoms with Crippen molar-refractivity contribution in [2.45, 2.75) is 44.1 Å². The summed E-state index contributed by atoms with van der Waals surface area (Å²) >= 11 is 2.10. The van der Waals surface area contributed by atoms with Crippen molar-refractivity contribution in [1.82, 2.24) is 9.97 Å². The van der Waals surface area contributed by atoms with Crippen LogP contribution in [0.2, 0.25) is 0 Å². The Morgan fingerprint density at radius 3 is 2.88 bits per heavy atom. The Hall–Kier alpha value is -0.430. The van der Waals surface area contributed by atoms with Crippen LogP contribution in [-0.2, 0) is 11.2 Å². The molecule has 92 valence electrons. The molecule has 1 aromatic rings. The van der Waals surface area contributed by atoms with Gasteiger partial charge in [-0.15, -0.1) is 0 Å². The second kappa shape index (κ2) is 4.68. The van der Waals surface area contributed by atoms with Crippen molar-refractivity contribution in [2.75, 3.05) is 6.61 Å². The van der Waals surface area contributed by atoms with Crippen LogP contribution in [-0.4, -0.2) is 22.7 Å². The fraction of sp³-hybridized carbons (Fsp3) is 0.667. The van der Waals surface area contributed by atoms with Crippen molar-refractivity contribution in [2.24, 2.45) is 0 Å². The summed E-state index contributed by atoms with van der Waals surface area (Å²) < 4.78 is 6.34. The zero-order chi connectivity index (χ0) is 11.8. The topological polar surface area (TPSA) is 55.0 Å². The molecule has 2 heterocycles. The second-order valence-corrected chi connectivity index (χ2v) is 5.90. The average Bonchev–Trinajstić information content (AvgIpc) is 3.02. The van der Waals surface area contributed by atoms with Gasteiger partial charge < -0.3 is 9.72 Å². The van der Waals surface area contributed by atoms with E-state index in [2.05, 4.69) is 32.6 Å². The average molecular weight is 346 g/mol. The largest absolute Gasteiger partial charge is 0.378 e. The van der Waals surface area contributed by atoms with E-state index < -0.39 is 0 Å². The highest BCUT2D eigenvalue weighted by atomic mass is 127. The number of aromatic amines is 1. The van der Waals surface area contributed by atoms with Crippen LogP contribution in [0, 0.1) is 3.57 Å². The number of H-pyrrole nitrogens is 1. The van der Waals surface area contributed by atoms with E-state index in [0.717, 1.165) is 41.0 Å². The van der Waals surface area contributed by atoms with E-state index in [1.54, 1.807) is 0 Å². The third-order valence-electron chi connectivity index (χ3n) is 3.35. The number of rotatable bonds is 3. The summed E-state index contributed by atoms with van der Waals surface area (Å²) in [4.78, 5) is 19.3. The summed E-state index contributed by atoms with van der Waals surface area (Å²) in [6.07, 6.45) is 5.53. The summed E-state index contributed by atoms with van der Waals surface area (Å²) in [6, 6.07) is 0. The van der Waals surface area contributed by atoms with E-state index in [9.17, 15) is 4.79 Å². The molecule has 0 amide bonds. The number of aromatic nitrogens is 2. The predicted molar refractivity (Wildman–Crippen MR) is 72.2 cm³/mol. The third-order valence-corrected chi connectivity index (χ3v) is 4.39. The van der Waals surface area contributed by atoms with Crippen LogP contribution in [0.5, 0.6) is 0 Å². The van der Waals surface area contributed by atoms with Crippen LogP contribution in [0.3, 0.4) is 0 Å². The second-order valence-electron chi connectivity index (χ2n) is 4.83. The van der Waals surface area contributed by atoms with Crippen molar-refractivity contribution >= 4 is 22.6 Å². The summed E-state index contributed by atoms with van der Waals surface area (Å²) in [7, 11) is 0. The molecule has 0 aromatic carbocycles. The van der Waals surface area contributed by atoms with Crippen molar-refractivity contribution in [3.63, 3.8) is 0 Å². The Balaban J connectivity index is 1.86. The number of halogens is 1. The van der Waals surface area contributed by atoms with Crippen molar-refractivity contribution < 1.29 is 4.74 Å². The third kappa shape index (κ3) is 2.54. The van der Waals surface area contributed by atoms with E-state index in [4.69, 9.17) is 4.74 Å². The van der Waals surface area contributed by atoms with E-state index in [1.165, 1.54) is 12.8 Å². The lowest BCUT2D eigenvalue weighted by molar-refractivity contribution is 0.109.